The van der Waals surface area contributed by atoms with Gasteiger partial charge in [0.1, 0.15) is 0 Å². The first-order chi connectivity index (χ1) is 16.0. The predicted octanol–water partition coefficient (Wildman–Crippen LogP) is 1.49. The van der Waals surface area contributed by atoms with Crippen molar-refractivity contribution in [1.29, 1.82) is 0 Å². The molecule has 3 fully saturated rings. The quantitative estimate of drug-likeness (QED) is 0.749. The van der Waals surface area contributed by atoms with Crippen LogP contribution in [0.3, 0.4) is 0 Å². The van der Waals surface area contributed by atoms with Crippen LogP contribution in [-0.2, 0) is 14.3 Å². The molecule has 0 saturated carbocycles. The summed E-state index contributed by atoms with van der Waals surface area (Å²) in [7, 11) is 0. The number of rotatable bonds is 5. The van der Waals surface area contributed by atoms with Gasteiger partial charge in [-0.05, 0) is 23.6 Å². The van der Waals surface area contributed by atoms with Gasteiger partial charge in [-0.1, -0.05) is 54.1 Å². The Morgan fingerprint density at radius 3 is 2.30 bits per heavy atom. The highest BCUT2D eigenvalue weighted by Gasteiger charge is 2.54. The van der Waals surface area contributed by atoms with E-state index in [4.69, 9.17) is 4.74 Å². The number of piperazine rings is 1. The van der Waals surface area contributed by atoms with Crippen molar-refractivity contribution < 1.29 is 19.4 Å². The van der Waals surface area contributed by atoms with Crippen LogP contribution in [-0.4, -0.2) is 96.2 Å². The van der Waals surface area contributed by atoms with Gasteiger partial charge in [0.05, 0.1) is 45.0 Å². The lowest BCUT2D eigenvalue weighted by Gasteiger charge is -2.58. The summed E-state index contributed by atoms with van der Waals surface area (Å²) in [6, 6.07) is 16.5. The van der Waals surface area contributed by atoms with Crippen LogP contribution in [0.15, 0.2) is 48.5 Å². The second kappa shape index (κ2) is 9.25. The SMILES string of the molecule is Cc1ccc(-c2ccc([C@@H]3[C@@H](CO)N4C(=O)CN(C(=O)CN5CCOCC5)C[C@H]34)cc2)cc1. The monoisotopic (exact) mass is 449 g/mol. The van der Waals surface area contributed by atoms with E-state index >= 15 is 0 Å². The van der Waals surface area contributed by atoms with Crippen LogP contribution in [0.2, 0.25) is 0 Å². The third kappa shape index (κ3) is 4.28. The molecule has 7 nitrogen and oxygen atoms in total. The zero-order valence-electron chi connectivity index (χ0n) is 19.0. The first kappa shape index (κ1) is 22.1. The fourth-order valence-electron chi connectivity index (χ4n) is 5.38. The van der Waals surface area contributed by atoms with E-state index in [1.165, 1.54) is 5.56 Å². The van der Waals surface area contributed by atoms with Gasteiger partial charge in [-0.15, -0.1) is 0 Å². The van der Waals surface area contributed by atoms with Gasteiger partial charge >= 0.3 is 0 Å². The van der Waals surface area contributed by atoms with Crippen LogP contribution in [0.4, 0.5) is 0 Å². The molecule has 174 valence electrons. The zero-order valence-corrected chi connectivity index (χ0v) is 19.0. The lowest BCUT2D eigenvalue weighted by molar-refractivity contribution is -0.167. The summed E-state index contributed by atoms with van der Waals surface area (Å²) in [6.07, 6.45) is 0. The van der Waals surface area contributed by atoms with Gasteiger partial charge in [0, 0.05) is 25.6 Å². The number of hydrogen-bond acceptors (Lipinski definition) is 5. The predicted molar refractivity (Wildman–Crippen MR) is 125 cm³/mol. The summed E-state index contributed by atoms with van der Waals surface area (Å²) in [4.78, 5) is 31.4. The van der Waals surface area contributed by atoms with Crippen molar-refractivity contribution in [2.75, 3.05) is 52.5 Å². The maximum Gasteiger partial charge on any atom is 0.242 e. The second-order valence-electron chi connectivity index (χ2n) is 9.29. The smallest absolute Gasteiger partial charge is 0.242 e. The van der Waals surface area contributed by atoms with Crippen molar-refractivity contribution in [2.24, 2.45) is 0 Å². The van der Waals surface area contributed by atoms with Crippen LogP contribution in [0.25, 0.3) is 11.1 Å². The minimum Gasteiger partial charge on any atom is -0.394 e. The number of aryl methyl sites for hydroxylation is 1. The molecule has 1 N–H and O–H groups in total. The molecule has 0 spiro atoms. The van der Waals surface area contributed by atoms with E-state index in [0.717, 1.165) is 29.8 Å². The van der Waals surface area contributed by atoms with Crippen LogP contribution in [0.1, 0.15) is 17.0 Å². The third-order valence-corrected chi connectivity index (χ3v) is 7.25. The van der Waals surface area contributed by atoms with Crippen molar-refractivity contribution in [1.82, 2.24) is 14.7 Å². The van der Waals surface area contributed by atoms with Crippen LogP contribution >= 0.6 is 0 Å². The summed E-state index contributed by atoms with van der Waals surface area (Å²) >= 11 is 0. The summed E-state index contributed by atoms with van der Waals surface area (Å²) < 4.78 is 5.36. The van der Waals surface area contributed by atoms with Crippen LogP contribution in [0.5, 0.6) is 0 Å². The largest absolute Gasteiger partial charge is 0.394 e. The number of carbonyl (C=O) groups is 2. The Labute approximate surface area is 194 Å². The summed E-state index contributed by atoms with van der Waals surface area (Å²) in [5.41, 5.74) is 4.62. The van der Waals surface area contributed by atoms with E-state index in [2.05, 4.69) is 60.4 Å². The maximum absolute atomic E-state index is 12.9. The Bertz CT molecular complexity index is 1000. The molecule has 3 atom stereocenters. The number of hydrogen-bond donors (Lipinski definition) is 1. The molecule has 0 aliphatic carbocycles. The lowest BCUT2D eigenvalue weighted by atomic mass is 9.73. The van der Waals surface area contributed by atoms with Gasteiger partial charge < -0.3 is 19.6 Å². The number of fused-ring (bicyclic) bond motifs is 1. The summed E-state index contributed by atoms with van der Waals surface area (Å²) in [5.74, 6) is -0.0658. The van der Waals surface area contributed by atoms with Gasteiger partial charge in [0.25, 0.3) is 0 Å². The molecule has 3 aliphatic rings. The fraction of sp³-hybridized carbons (Fsp3) is 0.462. The molecule has 0 aromatic heterocycles. The zero-order chi connectivity index (χ0) is 22.9. The second-order valence-corrected chi connectivity index (χ2v) is 9.29. The van der Waals surface area contributed by atoms with Gasteiger partial charge in [-0.25, -0.2) is 0 Å². The van der Waals surface area contributed by atoms with Gasteiger partial charge in [0.2, 0.25) is 11.8 Å². The van der Waals surface area contributed by atoms with Gasteiger partial charge in [-0.2, -0.15) is 0 Å². The van der Waals surface area contributed by atoms with Crippen molar-refractivity contribution in [3.63, 3.8) is 0 Å². The number of aliphatic hydroxyl groups is 1. The molecule has 0 radical (unpaired) electrons. The molecule has 5 rings (SSSR count). The number of carbonyl (C=O) groups excluding carboxylic acids is 2. The molecule has 0 bridgehead atoms. The van der Waals surface area contributed by atoms with E-state index in [1.54, 1.807) is 9.80 Å². The molecular formula is C26H31N3O4. The maximum atomic E-state index is 12.9. The normalized spacial score (nSPS) is 25.5. The third-order valence-electron chi connectivity index (χ3n) is 7.25. The standard InChI is InChI=1S/C26H31N3O4/c1-18-2-4-19(5-3-18)20-6-8-21(9-7-20)26-22-14-28(16-25(32)29(22)23(26)17-30)24(31)15-27-10-12-33-13-11-27/h2-9,22-23,26,30H,10-17H2,1H3/t22-,23-,26+/m1/s1. The Kier molecular flexibility index (Phi) is 6.19. The minimum absolute atomic E-state index is 0.00850. The number of amides is 2. The topological polar surface area (TPSA) is 73.3 Å². The highest BCUT2D eigenvalue weighted by molar-refractivity contribution is 5.88. The summed E-state index contributed by atoms with van der Waals surface area (Å²) in [6.45, 7) is 5.69. The highest BCUT2D eigenvalue weighted by atomic mass is 16.5. The van der Waals surface area contributed by atoms with E-state index in [9.17, 15) is 14.7 Å². The molecule has 3 aliphatic heterocycles. The Morgan fingerprint density at radius 2 is 1.67 bits per heavy atom. The molecule has 3 saturated heterocycles. The molecule has 33 heavy (non-hydrogen) atoms. The fourth-order valence-corrected chi connectivity index (χ4v) is 5.38. The molecular weight excluding hydrogens is 418 g/mol. The van der Waals surface area contributed by atoms with Crippen molar-refractivity contribution in [3.8, 4) is 11.1 Å². The molecule has 3 heterocycles. The number of aliphatic hydroxyl groups excluding tert-OH is 1. The number of morpholine rings is 1. The Morgan fingerprint density at radius 1 is 1.03 bits per heavy atom. The average Bonchev–Trinajstić information content (AvgIpc) is 2.82. The number of nitrogens with zero attached hydrogens (tertiary/aromatic N) is 3. The van der Waals surface area contributed by atoms with Crippen molar-refractivity contribution in [2.45, 2.75) is 24.9 Å². The van der Waals surface area contributed by atoms with E-state index in [-0.39, 0.29) is 43.0 Å². The van der Waals surface area contributed by atoms with E-state index < -0.39 is 0 Å². The lowest BCUT2D eigenvalue weighted by Crippen LogP contribution is -2.73. The number of benzene rings is 2. The molecule has 2 aromatic carbocycles. The highest BCUT2D eigenvalue weighted by Crippen LogP contribution is 2.43. The van der Waals surface area contributed by atoms with E-state index in [1.807, 2.05) is 0 Å². The van der Waals surface area contributed by atoms with Crippen molar-refractivity contribution in [3.05, 3.63) is 59.7 Å². The van der Waals surface area contributed by atoms with Crippen LogP contribution < -0.4 is 0 Å². The average molecular weight is 450 g/mol. The Hall–Kier alpha value is -2.74. The van der Waals surface area contributed by atoms with E-state index in [0.29, 0.717) is 26.3 Å². The minimum atomic E-state index is -0.232. The molecule has 7 heteroatoms. The molecule has 2 amide bonds. The van der Waals surface area contributed by atoms with Crippen molar-refractivity contribution >= 4 is 11.8 Å². The first-order valence-electron chi connectivity index (χ1n) is 11.7. The van der Waals surface area contributed by atoms with Crippen LogP contribution in [0, 0.1) is 6.92 Å². The Balaban J connectivity index is 1.31. The first-order valence-corrected chi connectivity index (χ1v) is 11.7. The van der Waals surface area contributed by atoms with Gasteiger partial charge in [0.15, 0.2) is 0 Å². The number of ether oxygens (including phenoxy) is 1. The molecule has 0 unspecified atom stereocenters. The summed E-state index contributed by atoms with van der Waals surface area (Å²) in [5, 5.41) is 10.0. The molecule has 2 aromatic rings. The van der Waals surface area contributed by atoms with Gasteiger partial charge in [-0.3, -0.25) is 14.5 Å².